The lowest BCUT2D eigenvalue weighted by atomic mass is 9.99. The van der Waals surface area contributed by atoms with Crippen molar-refractivity contribution in [2.45, 2.75) is 40.0 Å². The van der Waals surface area contributed by atoms with Gasteiger partial charge in [-0.2, -0.15) is 0 Å². The minimum absolute atomic E-state index is 0.0444. The van der Waals surface area contributed by atoms with Crippen molar-refractivity contribution >= 4 is 5.91 Å². The van der Waals surface area contributed by atoms with E-state index in [-0.39, 0.29) is 30.6 Å². The van der Waals surface area contributed by atoms with Gasteiger partial charge in [0.1, 0.15) is 0 Å². The molecule has 0 radical (unpaired) electrons. The number of aromatic hydroxyl groups is 1. The van der Waals surface area contributed by atoms with E-state index in [1.807, 2.05) is 26.0 Å². The number of phenols is 1. The zero-order valence-corrected chi connectivity index (χ0v) is 18.2. The molecular formula is C22H33NO6. The first-order valence-corrected chi connectivity index (χ1v) is 9.54. The first-order valence-electron chi connectivity index (χ1n) is 9.54. The van der Waals surface area contributed by atoms with Crippen molar-refractivity contribution in [1.82, 2.24) is 5.32 Å². The number of nitrogens with one attached hydrogen (secondary N) is 1. The van der Waals surface area contributed by atoms with Gasteiger partial charge in [-0.3, -0.25) is 4.79 Å². The third-order valence-corrected chi connectivity index (χ3v) is 4.72. The molecular weight excluding hydrogens is 374 g/mol. The molecule has 0 heterocycles. The van der Waals surface area contributed by atoms with Gasteiger partial charge in [-0.1, -0.05) is 17.7 Å². The minimum atomic E-state index is -0.168. The number of ether oxygens (including phenoxy) is 3. The molecule has 0 saturated heterocycles. The van der Waals surface area contributed by atoms with Gasteiger partial charge in [0.2, 0.25) is 17.4 Å². The number of hydrogen-bond donors (Lipinski definition) is 3. The Kier molecular flexibility index (Phi) is 10.1. The molecule has 1 aromatic rings. The second-order valence-electron chi connectivity index (χ2n) is 6.71. The van der Waals surface area contributed by atoms with Crippen LogP contribution in [0.5, 0.6) is 23.0 Å². The van der Waals surface area contributed by atoms with Crippen LogP contribution in [-0.2, 0) is 11.2 Å². The number of aliphatic hydroxyl groups is 1. The summed E-state index contributed by atoms with van der Waals surface area (Å²) in [4.78, 5) is 11.8. The Morgan fingerprint density at radius 2 is 1.66 bits per heavy atom. The lowest BCUT2D eigenvalue weighted by molar-refractivity contribution is -0.117. The molecule has 1 aromatic carbocycles. The number of rotatable bonds is 11. The van der Waals surface area contributed by atoms with E-state index < -0.39 is 0 Å². The van der Waals surface area contributed by atoms with Crippen molar-refractivity contribution in [1.29, 1.82) is 0 Å². The largest absolute Gasteiger partial charge is 0.504 e. The van der Waals surface area contributed by atoms with Gasteiger partial charge >= 0.3 is 0 Å². The van der Waals surface area contributed by atoms with E-state index >= 15 is 0 Å². The van der Waals surface area contributed by atoms with Crippen molar-refractivity contribution in [3.05, 3.63) is 34.4 Å². The summed E-state index contributed by atoms with van der Waals surface area (Å²) in [6.45, 7) is 5.81. The Labute approximate surface area is 173 Å². The lowest BCUT2D eigenvalue weighted by Gasteiger charge is -2.19. The van der Waals surface area contributed by atoms with E-state index in [1.165, 1.54) is 14.2 Å². The van der Waals surface area contributed by atoms with E-state index in [0.717, 1.165) is 24.0 Å². The van der Waals surface area contributed by atoms with Crippen molar-refractivity contribution in [2.75, 3.05) is 34.5 Å². The molecule has 0 bridgehead atoms. The first-order chi connectivity index (χ1) is 13.8. The molecule has 29 heavy (non-hydrogen) atoms. The van der Waals surface area contributed by atoms with Gasteiger partial charge in [0.05, 0.1) is 27.9 Å². The number of benzene rings is 1. The normalized spacial score (nSPS) is 12.0. The topological polar surface area (TPSA) is 97.3 Å². The monoisotopic (exact) mass is 407 g/mol. The van der Waals surface area contributed by atoms with Crippen LogP contribution in [0.3, 0.4) is 0 Å². The maximum atomic E-state index is 11.8. The average molecular weight is 408 g/mol. The fourth-order valence-corrected chi connectivity index (χ4v) is 3.00. The summed E-state index contributed by atoms with van der Waals surface area (Å²) in [5, 5.41) is 22.0. The molecule has 1 rings (SSSR count). The highest BCUT2D eigenvalue weighted by atomic mass is 16.5. The van der Waals surface area contributed by atoms with E-state index in [9.17, 15) is 9.90 Å². The van der Waals surface area contributed by atoms with Crippen LogP contribution in [-0.4, -0.2) is 50.6 Å². The minimum Gasteiger partial charge on any atom is -0.504 e. The number of carbonyl (C=O) groups excluding carboxylic acids is 1. The molecule has 1 amide bonds. The van der Waals surface area contributed by atoms with Crippen LogP contribution in [0.15, 0.2) is 23.3 Å². The second-order valence-corrected chi connectivity index (χ2v) is 6.71. The quantitative estimate of drug-likeness (QED) is 0.385. The smallest absolute Gasteiger partial charge is 0.246 e. The van der Waals surface area contributed by atoms with Crippen molar-refractivity contribution in [3.63, 3.8) is 0 Å². The summed E-state index contributed by atoms with van der Waals surface area (Å²) in [5.41, 5.74) is 3.28. The van der Waals surface area contributed by atoms with Crippen LogP contribution in [0, 0.1) is 6.92 Å². The molecule has 0 unspecified atom stereocenters. The number of methoxy groups -OCH3 is 3. The summed E-state index contributed by atoms with van der Waals surface area (Å²) in [6.07, 6.45) is 5.95. The number of carbonyl (C=O) groups is 1. The zero-order valence-electron chi connectivity index (χ0n) is 18.2. The number of allylic oxidation sites excluding steroid dienone is 3. The van der Waals surface area contributed by atoms with Crippen LogP contribution >= 0.6 is 0 Å². The van der Waals surface area contributed by atoms with Gasteiger partial charge in [-0.15, -0.1) is 0 Å². The third-order valence-electron chi connectivity index (χ3n) is 4.72. The Balaban J connectivity index is 2.91. The van der Waals surface area contributed by atoms with Crippen LogP contribution in [0.25, 0.3) is 0 Å². The summed E-state index contributed by atoms with van der Waals surface area (Å²) >= 11 is 0. The van der Waals surface area contributed by atoms with Gasteiger partial charge in [0.15, 0.2) is 11.5 Å². The first kappa shape index (κ1) is 24.4. The molecule has 0 atom stereocenters. The van der Waals surface area contributed by atoms with Gasteiger partial charge in [0, 0.05) is 23.2 Å². The van der Waals surface area contributed by atoms with Crippen LogP contribution in [0.2, 0.25) is 0 Å². The highest BCUT2D eigenvalue weighted by Gasteiger charge is 2.23. The van der Waals surface area contributed by atoms with Crippen molar-refractivity contribution in [3.8, 4) is 23.0 Å². The molecule has 0 aromatic heterocycles. The molecule has 162 valence electrons. The molecule has 0 fully saturated rings. The van der Waals surface area contributed by atoms with E-state index in [4.69, 9.17) is 19.3 Å². The standard InChI is InChI=1S/C22H33NO6/c1-14(8-7-9-15(2)22(26)23-12-13-24)10-11-17-16(3)19(27-4)21(29-6)20(28-5)18(17)25/h9-10,24-25H,7-8,11-13H2,1-6H3,(H,23,26). The van der Waals surface area contributed by atoms with Gasteiger partial charge in [0.25, 0.3) is 0 Å². The Bertz CT molecular complexity index is 736. The predicted octanol–water partition coefficient (Wildman–Crippen LogP) is 3.05. The molecule has 0 aliphatic rings. The van der Waals surface area contributed by atoms with E-state index in [1.54, 1.807) is 14.0 Å². The molecule has 0 aliphatic heterocycles. The summed E-state index contributed by atoms with van der Waals surface area (Å²) in [6, 6.07) is 0. The second kappa shape index (κ2) is 12.0. The van der Waals surface area contributed by atoms with Gasteiger partial charge < -0.3 is 29.7 Å². The highest BCUT2D eigenvalue weighted by molar-refractivity contribution is 5.92. The van der Waals surface area contributed by atoms with E-state index in [2.05, 4.69) is 5.32 Å². The number of hydrogen-bond acceptors (Lipinski definition) is 6. The fourth-order valence-electron chi connectivity index (χ4n) is 3.00. The Morgan fingerprint density at radius 1 is 1.03 bits per heavy atom. The summed E-state index contributed by atoms with van der Waals surface area (Å²) in [7, 11) is 4.53. The number of amides is 1. The van der Waals surface area contributed by atoms with Gasteiger partial charge in [-0.05, 0) is 40.0 Å². The Hall–Kier alpha value is -2.67. The maximum Gasteiger partial charge on any atom is 0.246 e. The molecule has 0 saturated carbocycles. The molecule has 0 aliphatic carbocycles. The fraction of sp³-hybridized carbons (Fsp3) is 0.500. The predicted molar refractivity (Wildman–Crippen MR) is 113 cm³/mol. The van der Waals surface area contributed by atoms with Crippen LogP contribution in [0.4, 0.5) is 0 Å². The van der Waals surface area contributed by atoms with Crippen molar-refractivity contribution < 1.29 is 29.2 Å². The molecule has 3 N–H and O–H groups in total. The maximum absolute atomic E-state index is 11.8. The average Bonchev–Trinajstić information content (AvgIpc) is 2.71. The zero-order chi connectivity index (χ0) is 22.0. The number of phenolic OH excluding ortho intramolecular Hbond substituents is 1. The summed E-state index contributed by atoms with van der Waals surface area (Å²) in [5.74, 6) is 1.04. The third kappa shape index (κ3) is 6.42. The molecule has 7 heteroatoms. The Morgan fingerprint density at radius 3 is 2.21 bits per heavy atom. The van der Waals surface area contributed by atoms with Crippen molar-refractivity contribution in [2.24, 2.45) is 0 Å². The molecule has 0 spiro atoms. The van der Waals surface area contributed by atoms with Crippen LogP contribution < -0.4 is 19.5 Å². The highest BCUT2D eigenvalue weighted by Crippen LogP contribution is 2.48. The summed E-state index contributed by atoms with van der Waals surface area (Å²) < 4.78 is 16.1. The molecule has 7 nitrogen and oxygen atoms in total. The van der Waals surface area contributed by atoms with Gasteiger partial charge in [-0.25, -0.2) is 0 Å². The van der Waals surface area contributed by atoms with E-state index in [0.29, 0.717) is 29.1 Å². The number of aliphatic hydroxyl groups excluding tert-OH is 1. The van der Waals surface area contributed by atoms with Crippen LogP contribution in [0.1, 0.15) is 37.8 Å². The SMILES string of the molecule is COc1c(C)c(CC=C(C)CCC=C(C)C(=O)NCCO)c(O)c(OC)c1OC. The lowest BCUT2D eigenvalue weighted by Crippen LogP contribution is -2.26.